The third-order valence-electron chi connectivity index (χ3n) is 5.31. The fourth-order valence-electron chi connectivity index (χ4n) is 3.62. The van der Waals surface area contributed by atoms with Crippen molar-refractivity contribution in [3.05, 3.63) is 65.5 Å². The molecule has 1 atom stereocenters. The molecule has 7 heteroatoms. The molecule has 3 heterocycles. The van der Waals surface area contributed by atoms with Crippen LogP contribution in [0, 0.1) is 13.8 Å². The summed E-state index contributed by atoms with van der Waals surface area (Å²) in [6.45, 7) is 6.06. The maximum Gasteiger partial charge on any atom is 0.215 e. The van der Waals surface area contributed by atoms with Gasteiger partial charge in [0, 0.05) is 31.9 Å². The molecule has 0 saturated carbocycles. The second-order valence-electron chi connectivity index (χ2n) is 7.86. The van der Waals surface area contributed by atoms with Crippen molar-refractivity contribution < 1.29 is 9.53 Å². The standard InChI is InChI=1S/C24H25N5O2/c1-15-6-8-18(9-7-15)16(2)12-19(30)14-31-20-13-17(3)21-22(23-25-10-5-11-26-23)28-29(4)24(21)27-20/h5-11,13,16H,12,14H2,1-4H3/t16-/m1/s1. The first-order valence-corrected chi connectivity index (χ1v) is 10.2. The van der Waals surface area contributed by atoms with Gasteiger partial charge in [-0.25, -0.2) is 14.6 Å². The molecule has 0 fully saturated rings. The van der Waals surface area contributed by atoms with Gasteiger partial charge in [0.15, 0.2) is 17.3 Å². The summed E-state index contributed by atoms with van der Waals surface area (Å²) in [5.41, 5.74) is 4.64. The largest absolute Gasteiger partial charge is 0.470 e. The Morgan fingerprint density at radius 2 is 1.84 bits per heavy atom. The number of ketones is 1. The average Bonchev–Trinajstić information content (AvgIpc) is 3.10. The van der Waals surface area contributed by atoms with Gasteiger partial charge in [-0.1, -0.05) is 36.8 Å². The summed E-state index contributed by atoms with van der Waals surface area (Å²) in [7, 11) is 1.82. The fourth-order valence-corrected chi connectivity index (χ4v) is 3.62. The van der Waals surface area contributed by atoms with Crippen LogP contribution in [0.1, 0.15) is 36.0 Å². The molecule has 4 aromatic rings. The topological polar surface area (TPSA) is 82.8 Å². The highest BCUT2D eigenvalue weighted by molar-refractivity contribution is 5.92. The highest BCUT2D eigenvalue weighted by Crippen LogP contribution is 2.29. The zero-order chi connectivity index (χ0) is 22.0. The molecule has 0 amide bonds. The molecule has 0 spiro atoms. The number of nitrogens with zero attached hydrogens (tertiary/aromatic N) is 5. The third-order valence-corrected chi connectivity index (χ3v) is 5.31. The van der Waals surface area contributed by atoms with E-state index < -0.39 is 0 Å². The highest BCUT2D eigenvalue weighted by atomic mass is 16.5. The van der Waals surface area contributed by atoms with Gasteiger partial charge < -0.3 is 4.74 Å². The van der Waals surface area contributed by atoms with Crippen LogP contribution < -0.4 is 4.74 Å². The Bertz CT molecular complexity index is 1220. The predicted molar refractivity (Wildman–Crippen MR) is 119 cm³/mol. The van der Waals surface area contributed by atoms with E-state index >= 15 is 0 Å². The number of ether oxygens (including phenoxy) is 1. The van der Waals surface area contributed by atoms with Crippen molar-refractivity contribution in [1.29, 1.82) is 0 Å². The van der Waals surface area contributed by atoms with Crippen LogP contribution in [-0.4, -0.2) is 37.1 Å². The first kappa shape index (κ1) is 20.7. The monoisotopic (exact) mass is 415 g/mol. The predicted octanol–water partition coefficient (Wildman–Crippen LogP) is 4.18. The number of carbonyl (C=O) groups is 1. The highest BCUT2D eigenvalue weighted by Gasteiger charge is 2.18. The zero-order valence-corrected chi connectivity index (χ0v) is 18.2. The van der Waals surface area contributed by atoms with Crippen molar-refractivity contribution in [2.75, 3.05) is 6.61 Å². The minimum Gasteiger partial charge on any atom is -0.470 e. The number of rotatable bonds is 7. The quantitative estimate of drug-likeness (QED) is 0.450. The van der Waals surface area contributed by atoms with Gasteiger partial charge in [-0.05, 0) is 37.0 Å². The molecule has 0 bridgehead atoms. The minimum absolute atomic E-state index is 0.0132. The van der Waals surface area contributed by atoms with Gasteiger partial charge in [0.2, 0.25) is 5.88 Å². The van der Waals surface area contributed by atoms with E-state index in [9.17, 15) is 4.79 Å². The lowest BCUT2D eigenvalue weighted by Gasteiger charge is -2.12. The summed E-state index contributed by atoms with van der Waals surface area (Å²) < 4.78 is 7.43. The van der Waals surface area contributed by atoms with Crippen molar-refractivity contribution in [2.24, 2.45) is 7.05 Å². The van der Waals surface area contributed by atoms with Crippen LogP contribution in [0.2, 0.25) is 0 Å². The Morgan fingerprint density at radius 3 is 2.55 bits per heavy atom. The molecule has 0 aliphatic heterocycles. The van der Waals surface area contributed by atoms with Gasteiger partial charge in [0.1, 0.15) is 12.3 Å². The van der Waals surface area contributed by atoms with E-state index in [4.69, 9.17) is 4.74 Å². The van der Waals surface area contributed by atoms with Gasteiger partial charge >= 0.3 is 0 Å². The Hall–Kier alpha value is -3.61. The molecule has 0 unspecified atom stereocenters. The number of hydrogen-bond donors (Lipinski definition) is 0. The maximum absolute atomic E-state index is 12.5. The molecule has 0 N–H and O–H groups in total. The van der Waals surface area contributed by atoms with E-state index in [0.29, 0.717) is 29.5 Å². The lowest BCUT2D eigenvalue weighted by atomic mass is 9.95. The zero-order valence-electron chi connectivity index (χ0n) is 18.2. The Morgan fingerprint density at radius 1 is 1.13 bits per heavy atom. The van der Waals surface area contributed by atoms with Crippen LogP contribution in [0.25, 0.3) is 22.6 Å². The van der Waals surface area contributed by atoms with Gasteiger partial charge in [0.05, 0.1) is 5.39 Å². The fraction of sp³-hybridized carbons (Fsp3) is 0.292. The van der Waals surface area contributed by atoms with Crippen LogP contribution in [0.5, 0.6) is 5.88 Å². The summed E-state index contributed by atoms with van der Waals surface area (Å²) in [5.74, 6) is 1.13. The molecule has 31 heavy (non-hydrogen) atoms. The number of Topliss-reactive ketones (excluding diaryl/α,β-unsaturated/α-hetero) is 1. The second-order valence-corrected chi connectivity index (χ2v) is 7.86. The normalized spacial score (nSPS) is 12.1. The van der Waals surface area contributed by atoms with E-state index in [1.165, 1.54) is 5.56 Å². The lowest BCUT2D eigenvalue weighted by molar-refractivity contribution is -0.121. The van der Waals surface area contributed by atoms with Crippen LogP contribution >= 0.6 is 0 Å². The number of pyridine rings is 1. The molecule has 158 valence electrons. The van der Waals surface area contributed by atoms with Crippen molar-refractivity contribution in [3.63, 3.8) is 0 Å². The molecule has 1 aromatic carbocycles. The first-order valence-electron chi connectivity index (χ1n) is 10.2. The summed E-state index contributed by atoms with van der Waals surface area (Å²) >= 11 is 0. The molecular weight excluding hydrogens is 390 g/mol. The van der Waals surface area contributed by atoms with E-state index in [-0.39, 0.29) is 18.3 Å². The van der Waals surface area contributed by atoms with E-state index in [0.717, 1.165) is 16.5 Å². The SMILES string of the molecule is Cc1ccc([C@H](C)CC(=O)COc2cc(C)c3c(-c4ncccn4)nn(C)c3n2)cc1. The molecule has 7 nitrogen and oxygen atoms in total. The van der Waals surface area contributed by atoms with Crippen molar-refractivity contribution >= 4 is 16.8 Å². The van der Waals surface area contributed by atoms with Gasteiger partial charge in [-0.2, -0.15) is 10.1 Å². The van der Waals surface area contributed by atoms with Crippen LogP contribution in [-0.2, 0) is 11.8 Å². The smallest absolute Gasteiger partial charge is 0.215 e. The summed E-state index contributed by atoms with van der Waals surface area (Å²) in [6, 6.07) is 11.9. The summed E-state index contributed by atoms with van der Waals surface area (Å²) in [5, 5.41) is 5.42. The van der Waals surface area contributed by atoms with Crippen molar-refractivity contribution in [3.8, 4) is 17.4 Å². The molecule has 0 radical (unpaired) electrons. The molecule has 4 rings (SSSR count). The second kappa shape index (κ2) is 8.63. The third kappa shape index (κ3) is 4.45. The number of carbonyl (C=O) groups excluding carboxylic acids is 1. The van der Waals surface area contributed by atoms with E-state index in [1.807, 2.05) is 20.0 Å². The summed E-state index contributed by atoms with van der Waals surface area (Å²) in [4.78, 5) is 25.7. The van der Waals surface area contributed by atoms with Crippen molar-refractivity contribution in [2.45, 2.75) is 33.1 Å². The maximum atomic E-state index is 12.5. The molecule has 0 aliphatic rings. The Kier molecular flexibility index (Phi) is 5.75. The average molecular weight is 415 g/mol. The minimum atomic E-state index is -0.0132. The molecular formula is C24H25N5O2. The van der Waals surface area contributed by atoms with E-state index in [1.54, 1.807) is 23.1 Å². The van der Waals surface area contributed by atoms with E-state index in [2.05, 4.69) is 58.2 Å². The van der Waals surface area contributed by atoms with Crippen molar-refractivity contribution in [1.82, 2.24) is 24.7 Å². The summed E-state index contributed by atoms with van der Waals surface area (Å²) in [6.07, 6.45) is 3.80. The number of aromatic nitrogens is 5. The number of aryl methyl sites for hydroxylation is 3. The Balaban J connectivity index is 1.48. The molecule has 0 aliphatic carbocycles. The lowest BCUT2D eigenvalue weighted by Crippen LogP contribution is -2.14. The number of fused-ring (bicyclic) bond motifs is 1. The van der Waals surface area contributed by atoms with Gasteiger partial charge in [-0.3, -0.25) is 4.79 Å². The van der Waals surface area contributed by atoms with Gasteiger partial charge in [0.25, 0.3) is 0 Å². The van der Waals surface area contributed by atoms with Gasteiger partial charge in [-0.15, -0.1) is 0 Å². The molecule has 3 aromatic heterocycles. The first-order chi connectivity index (χ1) is 14.9. The van der Waals surface area contributed by atoms with Crippen LogP contribution in [0.3, 0.4) is 0 Å². The van der Waals surface area contributed by atoms with Crippen LogP contribution in [0.15, 0.2) is 48.8 Å². The number of benzene rings is 1. The Labute approximate surface area is 181 Å². The van der Waals surface area contributed by atoms with Crippen LogP contribution in [0.4, 0.5) is 0 Å². The molecule has 0 saturated heterocycles. The number of hydrogen-bond acceptors (Lipinski definition) is 6.